The van der Waals surface area contributed by atoms with Gasteiger partial charge in [0, 0.05) is 43.0 Å². The highest BCUT2D eigenvalue weighted by Gasteiger charge is 2.20. The van der Waals surface area contributed by atoms with Crippen molar-refractivity contribution in [1.29, 1.82) is 0 Å². The van der Waals surface area contributed by atoms with E-state index in [4.69, 9.17) is 0 Å². The number of nitrogens with zero attached hydrogens (tertiary/aromatic N) is 3. The standard InChI is InChI=1S/C17H20N4OS/c22-16(5-4-15-3-1-12-23-15)20-13-14-6-10-21(11-7-14)17-18-8-2-9-19-17/h1-5,8-9,12,14H,6-7,10-11,13H2,(H,20,22). The molecule has 0 unspecified atom stereocenters. The molecule has 0 aliphatic carbocycles. The molecule has 1 saturated heterocycles. The molecule has 0 spiro atoms. The molecule has 1 fully saturated rings. The molecule has 0 bridgehead atoms. The first-order valence-electron chi connectivity index (χ1n) is 7.82. The predicted octanol–water partition coefficient (Wildman–Crippen LogP) is 2.58. The Kier molecular flexibility index (Phi) is 5.37. The lowest BCUT2D eigenvalue weighted by atomic mass is 9.97. The number of hydrogen-bond donors (Lipinski definition) is 1. The SMILES string of the molecule is O=C(C=Cc1cccs1)NCC1CCN(c2ncccn2)CC1. The quantitative estimate of drug-likeness (QED) is 0.857. The van der Waals surface area contributed by atoms with Crippen molar-refractivity contribution in [3.05, 3.63) is 46.9 Å². The number of thiophene rings is 1. The molecule has 1 amide bonds. The molecule has 1 N–H and O–H groups in total. The zero-order valence-corrected chi connectivity index (χ0v) is 13.7. The lowest BCUT2D eigenvalue weighted by molar-refractivity contribution is -0.116. The highest BCUT2D eigenvalue weighted by molar-refractivity contribution is 7.10. The normalized spacial score (nSPS) is 15.9. The van der Waals surface area contributed by atoms with Gasteiger partial charge in [0.15, 0.2) is 0 Å². The molecule has 2 aromatic rings. The van der Waals surface area contributed by atoms with Gasteiger partial charge in [-0.15, -0.1) is 11.3 Å². The molecule has 3 rings (SSSR count). The van der Waals surface area contributed by atoms with Crippen LogP contribution >= 0.6 is 11.3 Å². The maximum atomic E-state index is 11.8. The van der Waals surface area contributed by atoms with Crippen molar-refractivity contribution in [3.8, 4) is 0 Å². The number of piperidine rings is 1. The Labute approximate surface area is 140 Å². The Bertz CT molecular complexity index is 634. The van der Waals surface area contributed by atoms with Crippen molar-refractivity contribution in [2.45, 2.75) is 12.8 Å². The highest BCUT2D eigenvalue weighted by atomic mass is 32.1. The molecule has 6 heteroatoms. The van der Waals surface area contributed by atoms with Gasteiger partial charge >= 0.3 is 0 Å². The number of nitrogens with one attached hydrogen (secondary N) is 1. The molecule has 5 nitrogen and oxygen atoms in total. The fourth-order valence-corrected chi connectivity index (χ4v) is 3.26. The van der Waals surface area contributed by atoms with Gasteiger partial charge in [-0.3, -0.25) is 4.79 Å². The van der Waals surface area contributed by atoms with Gasteiger partial charge in [-0.1, -0.05) is 6.07 Å². The molecule has 0 aromatic carbocycles. The van der Waals surface area contributed by atoms with Crippen LogP contribution in [0.25, 0.3) is 6.08 Å². The summed E-state index contributed by atoms with van der Waals surface area (Å²) in [6, 6.07) is 5.80. The van der Waals surface area contributed by atoms with Crippen LogP contribution in [0, 0.1) is 5.92 Å². The summed E-state index contributed by atoms with van der Waals surface area (Å²) < 4.78 is 0. The van der Waals surface area contributed by atoms with E-state index in [0.717, 1.165) is 43.3 Å². The zero-order valence-electron chi connectivity index (χ0n) is 12.9. The zero-order chi connectivity index (χ0) is 15.9. The first kappa shape index (κ1) is 15.7. The Morgan fingerprint density at radius 2 is 2.09 bits per heavy atom. The van der Waals surface area contributed by atoms with Crippen molar-refractivity contribution in [3.63, 3.8) is 0 Å². The minimum absolute atomic E-state index is 0.0211. The molecular weight excluding hydrogens is 308 g/mol. The van der Waals surface area contributed by atoms with Gasteiger partial charge in [-0.25, -0.2) is 9.97 Å². The topological polar surface area (TPSA) is 58.1 Å². The minimum Gasteiger partial charge on any atom is -0.352 e. The molecule has 1 aliphatic rings. The number of carbonyl (C=O) groups is 1. The van der Waals surface area contributed by atoms with E-state index in [0.29, 0.717) is 5.92 Å². The molecule has 3 heterocycles. The summed E-state index contributed by atoms with van der Waals surface area (Å²) in [6.45, 7) is 2.61. The molecule has 120 valence electrons. The average Bonchev–Trinajstić information content (AvgIpc) is 3.13. The molecule has 2 aromatic heterocycles. The average molecular weight is 328 g/mol. The van der Waals surface area contributed by atoms with E-state index in [1.165, 1.54) is 0 Å². The summed E-state index contributed by atoms with van der Waals surface area (Å²) in [5.41, 5.74) is 0. The third-order valence-electron chi connectivity index (χ3n) is 3.96. The first-order chi connectivity index (χ1) is 11.3. The second-order valence-corrected chi connectivity index (χ2v) is 6.55. The molecule has 0 saturated carbocycles. The number of carbonyl (C=O) groups excluding carboxylic acids is 1. The van der Waals surface area contributed by atoms with Crippen LogP contribution in [0.2, 0.25) is 0 Å². The van der Waals surface area contributed by atoms with Crippen molar-refractivity contribution < 1.29 is 4.79 Å². The van der Waals surface area contributed by atoms with E-state index in [1.54, 1.807) is 29.8 Å². The van der Waals surface area contributed by atoms with E-state index in [-0.39, 0.29) is 5.91 Å². The van der Waals surface area contributed by atoms with Crippen LogP contribution in [-0.2, 0) is 4.79 Å². The second kappa shape index (κ2) is 7.87. The van der Waals surface area contributed by atoms with Crippen LogP contribution in [0.15, 0.2) is 42.0 Å². The van der Waals surface area contributed by atoms with Crippen LogP contribution in [0.1, 0.15) is 17.7 Å². The van der Waals surface area contributed by atoms with Crippen LogP contribution in [-0.4, -0.2) is 35.5 Å². The van der Waals surface area contributed by atoms with Gasteiger partial charge in [0.2, 0.25) is 11.9 Å². The van der Waals surface area contributed by atoms with Gasteiger partial charge in [0.05, 0.1) is 0 Å². The maximum Gasteiger partial charge on any atom is 0.244 e. The fourth-order valence-electron chi connectivity index (χ4n) is 2.64. The largest absolute Gasteiger partial charge is 0.352 e. The summed E-state index contributed by atoms with van der Waals surface area (Å²) in [4.78, 5) is 23.7. The Balaban J connectivity index is 1.40. The van der Waals surface area contributed by atoms with E-state index < -0.39 is 0 Å². The van der Waals surface area contributed by atoms with Gasteiger partial charge in [0.25, 0.3) is 0 Å². The van der Waals surface area contributed by atoms with Gasteiger partial charge < -0.3 is 10.2 Å². The van der Waals surface area contributed by atoms with E-state index in [2.05, 4.69) is 20.2 Å². The highest BCUT2D eigenvalue weighted by Crippen LogP contribution is 2.19. The van der Waals surface area contributed by atoms with Crippen molar-refractivity contribution >= 4 is 29.3 Å². The maximum absolute atomic E-state index is 11.8. The fraction of sp³-hybridized carbons (Fsp3) is 0.353. The van der Waals surface area contributed by atoms with Gasteiger partial charge in [-0.2, -0.15) is 0 Å². The molecule has 0 atom stereocenters. The summed E-state index contributed by atoms with van der Waals surface area (Å²) in [7, 11) is 0. The Morgan fingerprint density at radius 3 is 2.78 bits per heavy atom. The number of hydrogen-bond acceptors (Lipinski definition) is 5. The Hall–Kier alpha value is -2.21. The molecule has 0 radical (unpaired) electrons. The first-order valence-corrected chi connectivity index (χ1v) is 8.70. The third kappa shape index (κ3) is 4.63. The van der Waals surface area contributed by atoms with Crippen LogP contribution < -0.4 is 10.2 Å². The van der Waals surface area contributed by atoms with Gasteiger partial charge in [-0.05, 0) is 42.3 Å². The lowest BCUT2D eigenvalue weighted by Crippen LogP contribution is -2.39. The Morgan fingerprint density at radius 1 is 1.30 bits per heavy atom. The van der Waals surface area contributed by atoms with Crippen LogP contribution in [0.3, 0.4) is 0 Å². The van der Waals surface area contributed by atoms with Gasteiger partial charge in [0.1, 0.15) is 0 Å². The van der Waals surface area contributed by atoms with Crippen molar-refractivity contribution in [2.24, 2.45) is 5.92 Å². The smallest absolute Gasteiger partial charge is 0.244 e. The van der Waals surface area contributed by atoms with E-state index in [1.807, 2.05) is 29.7 Å². The molecule has 23 heavy (non-hydrogen) atoms. The minimum atomic E-state index is -0.0211. The number of amides is 1. The van der Waals surface area contributed by atoms with Crippen molar-refractivity contribution in [2.75, 3.05) is 24.5 Å². The van der Waals surface area contributed by atoms with Crippen molar-refractivity contribution in [1.82, 2.24) is 15.3 Å². The third-order valence-corrected chi connectivity index (χ3v) is 4.79. The number of anilines is 1. The van der Waals surface area contributed by atoms with E-state index >= 15 is 0 Å². The summed E-state index contributed by atoms with van der Waals surface area (Å²) in [6.07, 6.45) is 9.11. The summed E-state index contributed by atoms with van der Waals surface area (Å²) in [5.74, 6) is 1.30. The predicted molar refractivity (Wildman–Crippen MR) is 93.3 cm³/mol. The number of rotatable bonds is 5. The van der Waals surface area contributed by atoms with Crippen LogP contribution in [0.4, 0.5) is 5.95 Å². The number of aromatic nitrogens is 2. The summed E-state index contributed by atoms with van der Waals surface area (Å²) in [5, 5.41) is 5.00. The van der Waals surface area contributed by atoms with E-state index in [9.17, 15) is 4.79 Å². The molecular formula is C17H20N4OS. The van der Waals surface area contributed by atoms with Crippen LogP contribution in [0.5, 0.6) is 0 Å². The molecule has 1 aliphatic heterocycles. The second-order valence-electron chi connectivity index (χ2n) is 5.57. The summed E-state index contributed by atoms with van der Waals surface area (Å²) >= 11 is 1.63. The monoisotopic (exact) mass is 328 g/mol. The lowest BCUT2D eigenvalue weighted by Gasteiger charge is -2.31.